The molecule has 0 saturated heterocycles. The molecule has 0 atom stereocenters. The number of hydrogen-bond acceptors (Lipinski definition) is 7. The van der Waals surface area contributed by atoms with Crippen molar-refractivity contribution in [2.45, 2.75) is 38.3 Å². The first-order valence-electron chi connectivity index (χ1n) is 9.84. The van der Waals surface area contributed by atoms with E-state index in [0.717, 1.165) is 4.90 Å². The Bertz CT molecular complexity index is 1200. The van der Waals surface area contributed by atoms with Crippen LogP contribution in [0.15, 0.2) is 27.9 Å². The summed E-state index contributed by atoms with van der Waals surface area (Å²) in [7, 11) is 1.53. The Morgan fingerprint density at radius 1 is 1.26 bits per heavy atom. The van der Waals surface area contributed by atoms with E-state index in [0.29, 0.717) is 32.2 Å². The smallest absolute Gasteiger partial charge is 0.325 e. The minimum atomic E-state index is -0.473. The van der Waals surface area contributed by atoms with Gasteiger partial charge in [0.25, 0.3) is 11.5 Å². The molecule has 9 heteroatoms. The predicted octanol–water partition coefficient (Wildman–Crippen LogP) is 3.84. The maximum atomic E-state index is 12.8. The number of likely N-dealkylation sites (N-methyl/N-ethyl adjacent to an activating group) is 1. The molecule has 1 aromatic carbocycles. The van der Waals surface area contributed by atoms with Crippen molar-refractivity contribution in [1.82, 2.24) is 14.9 Å². The Labute approximate surface area is 188 Å². The van der Waals surface area contributed by atoms with Crippen LogP contribution in [0.3, 0.4) is 0 Å². The van der Waals surface area contributed by atoms with Gasteiger partial charge in [0.2, 0.25) is 0 Å². The number of nitrogens with one attached hydrogen (secondary N) is 1. The van der Waals surface area contributed by atoms with Gasteiger partial charge in [0.15, 0.2) is 0 Å². The number of esters is 1. The molecular formula is C22H25N3O4S2. The number of hydrogen-bond donors (Lipinski definition) is 1. The van der Waals surface area contributed by atoms with Crippen molar-refractivity contribution in [3.63, 3.8) is 0 Å². The number of thioether (sulfide) groups is 1. The van der Waals surface area contributed by atoms with Gasteiger partial charge in [-0.15, -0.1) is 23.1 Å². The van der Waals surface area contributed by atoms with Gasteiger partial charge in [0.05, 0.1) is 22.6 Å². The lowest BCUT2D eigenvalue weighted by Gasteiger charge is -2.15. The van der Waals surface area contributed by atoms with Crippen molar-refractivity contribution in [2.24, 2.45) is 0 Å². The molecule has 0 fully saturated rings. The second-order valence-corrected chi connectivity index (χ2v) is 9.29. The van der Waals surface area contributed by atoms with Crippen molar-refractivity contribution in [3.8, 4) is 0 Å². The summed E-state index contributed by atoms with van der Waals surface area (Å²) >= 11 is 2.78. The van der Waals surface area contributed by atoms with Gasteiger partial charge in [-0.3, -0.25) is 14.4 Å². The van der Waals surface area contributed by atoms with Gasteiger partial charge in [-0.25, -0.2) is 4.98 Å². The number of ether oxygens (including phenoxy) is 1. The average Bonchev–Trinajstić information content (AvgIpc) is 3.05. The van der Waals surface area contributed by atoms with E-state index in [-0.39, 0.29) is 24.6 Å². The number of aromatic amines is 1. The van der Waals surface area contributed by atoms with Gasteiger partial charge in [-0.1, -0.05) is 17.7 Å². The third-order valence-corrected chi connectivity index (χ3v) is 7.11. The number of carbonyl (C=O) groups excluding carboxylic acids is 2. The highest BCUT2D eigenvalue weighted by Crippen LogP contribution is 2.30. The Balaban J connectivity index is 1.85. The molecule has 0 unspecified atom stereocenters. The van der Waals surface area contributed by atoms with E-state index in [9.17, 15) is 14.4 Å². The second-order valence-electron chi connectivity index (χ2n) is 7.27. The van der Waals surface area contributed by atoms with Gasteiger partial charge < -0.3 is 14.6 Å². The van der Waals surface area contributed by atoms with Crippen molar-refractivity contribution < 1.29 is 14.3 Å². The van der Waals surface area contributed by atoms with Crippen molar-refractivity contribution in [1.29, 1.82) is 0 Å². The maximum Gasteiger partial charge on any atom is 0.325 e. The molecule has 0 aliphatic heterocycles. The number of fused-ring (bicyclic) bond motifs is 1. The fraction of sp³-hybridized carbons (Fsp3) is 0.364. The summed E-state index contributed by atoms with van der Waals surface area (Å²) in [6.45, 7) is 7.64. The first-order valence-corrected chi connectivity index (χ1v) is 11.6. The number of rotatable bonds is 7. The van der Waals surface area contributed by atoms with Crippen LogP contribution >= 0.6 is 23.1 Å². The predicted molar refractivity (Wildman–Crippen MR) is 124 cm³/mol. The van der Waals surface area contributed by atoms with Crippen LogP contribution in [0.2, 0.25) is 0 Å². The molecule has 0 spiro atoms. The number of carbonyl (C=O) groups is 2. The Hall–Kier alpha value is -2.65. The third-order valence-electron chi connectivity index (χ3n) is 4.77. The van der Waals surface area contributed by atoms with Crippen LogP contribution in [0.25, 0.3) is 10.2 Å². The summed E-state index contributed by atoms with van der Waals surface area (Å²) in [6.07, 6.45) is 0. The average molecular weight is 460 g/mol. The van der Waals surface area contributed by atoms with Crippen molar-refractivity contribution >= 4 is 45.2 Å². The minimum Gasteiger partial charge on any atom is -0.465 e. The van der Waals surface area contributed by atoms with Crippen LogP contribution in [-0.2, 0) is 15.3 Å². The van der Waals surface area contributed by atoms with Crippen LogP contribution in [0.5, 0.6) is 0 Å². The van der Waals surface area contributed by atoms with Gasteiger partial charge in [0, 0.05) is 11.9 Å². The lowest BCUT2D eigenvalue weighted by molar-refractivity contribution is -0.143. The summed E-state index contributed by atoms with van der Waals surface area (Å²) < 4.78 is 4.90. The summed E-state index contributed by atoms with van der Waals surface area (Å²) in [4.78, 5) is 48.1. The van der Waals surface area contributed by atoms with E-state index in [1.165, 1.54) is 34.4 Å². The lowest BCUT2D eigenvalue weighted by atomic mass is 10.2. The Kier molecular flexibility index (Phi) is 7.17. The fourth-order valence-corrected chi connectivity index (χ4v) is 5.30. The highest BCUT2D eigenvalue weighted by molar-refractivity contribution is 7.98. The Morgan fingerprint density at radius 2 is 2.00 bits per heavy atom. The molecule has 0 bridgehead atoms. The molecule has 0 saturated carbocycles. The van der Waals surface area contributed by atoms with E-state index < -0.39 is 5.97 Å². The number of benzene rings is 1. The minimum absolute atomic E-state index is 0.151. The summed E-state index contributed by atoms with van der Waals surface area (Å²) in [5.74, 6) is 0.264. The zero-order chi connectivity index (χ0) is 22.7. The van der Waals surface area contributed by atoms with Gasteiger partial charge in [-0.05, 0) is 44.9 Å². The number of aromatic nitrogens is 2. The number of H-pyrrole nitrogens is 1. The molecule has 31 heavy (non-hydrogen) atoms. The molecule has 2 heterocycles. The van der Waals surface area contributed by atoms with Crippen LogP contribution in [0.1, 0.15) is 39.1 Å². The van der Waals surface area contributed by atoms with E-state index in [2.05, 4.69) is 35.1 Å². The molecule has 3 aromatic rings. The maximum absolute atomic E-state index is 12.8. The number of aryl methyl sites for hydroxylation is 3. The number of nitrogens with zero attached hydrogens (tertiary/aromatic N) is 2. The summed E-state index contributed by atoms with van der Waals surface area (Å²) in [5, 5.41) is 0.415. The molecule has 2 aromatic heterocycles. The Morgan fingerprint density at radius 3 is 2.71 bits per heavy atom. The molecule has 0 aliphatic carbocycles. The van der Waals surface area contributed by atoms with Crippen molar-refractivity contribution in [3.05, 3.63) is 55.9 Å². The molecular weight excluding hydrogens is 434 g/mol. The quantitative estimate of drug-likeness (QED) is 0.426. The number of amides is 1. The van der Waals surface area contributed by atoms with Crippen LogP contribution in [-0.4, -0.2) is 46.9 Å². The molecule has 7 nitrogen and oxygen atoms in total. The largest absolute Gasteiger partial charge is 0.465 e. The van der Waals surface area contributed by atoms with Gasteiger partial charge in [0.1, 0.15) is 17.2 Å². The van der Waals surface area contributed by atoms with Gasteiger partial charge in [-0.2, -0.15) is 0 Å². The molecule has 0 aliphatic rings. The lowest BCUT2D eigenvalue weighted by Crippen LogP contribution is -2.32. The standard InChI is InChI=1S/C22H25N3O4S2/c1-6-29-17(26)10-25(5)22(28)19-14(4)18-20(27)23-16(24-21(18)31-19)11-30-15-9-12(2)7-8-13(15)3/h7-9H,6,10-11H2,1-5H3,(H,23,24,27). The van der Waals surface area contributed by atoms with Gasteiger partial charge >= 0.3 is 5.97 Å². The van der Waals surface area contributed by atoms with Crippen LogP contribution in [0, 0.1) is 20.8 Å². The second kappa shape index (κ2) is 9.65. The topological polar surface area (TPSA) is 92.4 Å². The van der Waals surface area contributed by atoms with E-state index in [4.69, 9.17) is 4.74 Å². The highest BCUT2D eigenvalue weighted by atomic mass is 32.2. The summed E-state index contributed by atoms with van der Waals surface area (Å²) in [6, 6.07) is 6.25. The fourth-order valence-electron chi connectivity index (χ4n) is 3.12. The van der Waals surface area contributed by atoms with Crippen molar-refractivity contribution in [2.75, 3.05) is 20.2 Å². The monoisotopic (exact) mass is 459 g/mol. The molecule has 1 amide bonds. The van der Waals surface area contributed by atoms with E-state index in [1.54, 1.807) is 25.6 Å². The first-order chi connectivity index (χ1) is 14.7. The molecule has 1 N–H and O–H groups in total. The number of thiophene rings is 1. The highest BCUT2D eigenvalue weighted by Gasteiger charge is 2.23. The third kappa shape index (κ3) is 5.16. The van der Waals surface area contributed by atoms with E-state index >= 15 is 0 Å². The van der Waals surface area contributed by atoms with Crippen LogP contribution in [0.4, 0.5) is 0 Å². The first kappa shape index (κ1) is 23.0. The van der Waals surface area contributed by atoms with Crippen LogP contribution < -0.4 is 5.56 Å². The molecule has 164 valence electrons. The molecule has 0 radical (unpaired) electrons. The zero-order valence-electron chi connectivity index (χ0n) is 18.2. The zero-order valence-corrected chi connectivity index (χ0v) is 19.8. The SMILES string of the molecule is CCOC(=O)CN(C)C(=O)c1sc2nc(CSc3cc(C)ccc3C)[nH]c(=O)c2c1C. The molecule has 3 rings (SSSR count). The summed E-state index contributed by atoms with van der Waals surface area (Å²) in [5.41, 5.74) is 2.66. The van der Waals surface area contributed by atoms with E-state index in [1.807, 2.05) is 6.92 Å². The normalized spacial score (nSPS) is 11.0.